The minimum absolute atomic E-state index is 0. The maximum atomic E-state index is 10.5. The van der Waals surface area contributed by atoms with Gasteiger partial charge in [-0.2, -0.15) is 0 Å². The molecule has 0 radical (unpaired) electrons. The molecule has 66 valence electrons. The second kappa shape index (κ2) is 5.18. The number of likely N-dealkylation sites (N-methyl/N-ethyl adjacent to an activating group) is 1. The first-order chi connectivity index (χ1) is 4.80. The summed E-state index contributed by atoms with van der Waals surface area (Å²) >= 11 is 0. The molecule has 0 aliphatic carbocycles. The average molecular weight is 201 g/mol. The van der Waals surface area contributed by atoms with Crippen LogP contribution in [0.5, 0.6) is 0 Å². The normalized spacial score (nSPS) is 9.92. The van der Waals surface area contributed by atoms with Gasteiger partial charge in [-0.15, -0.1) is 0 Å². The number of amides is 1. The van der Waals surface area contributed by atoms with Crippen LogP contribution in [0.1, 0.15) is 13.8 Å². The van der Waals surface area contributed by atoms with Gasteiger partial charge in [0.05, 0.1) is 0 Å². The van der Waals surface area contributed by atoms with Gasteiger partial charge in [-0.3, -0.25) is 4.90 Å². The van der Waals surface area contributed by atoms with E-state index >= 15 is 0 Å². The molecule has 0 saturated heterocycles. The molecule has 5 nitrogen and oxygen atoms in total. The molecule has 12 heavy (non-hydrogen) atoms. The van der Waals surface area contributed by atoms with Crippen molar-refractivity contribution >= 4 is 63.4 Å². The molecule has 0 aromatic heterocycles. The van der Waals surface area contributed by atoms with E-state index in [2.05, 4.69) is 0 Å². The van der Waals surface area contributed by atoms with Gasteiger partial charge in [-0.05, 0) is 13.8 Å². The van der Waals surface area contributed by atoms with Crippen LogP contribution in [0, 0.1) is 0 Å². The molecule has 0 fully saturated rings. The van der Waals surface area contributed by atoms with E-state index in [1.165, 1.54) is 20.9 Å². The van der Waals surface area contributed by atoms with Crippen molar-refractivity contribution in [2.45, 2.75) is 19.4 Å². The molecule has 0 spiro atoms. The Morgan fingerprint density at radius 1 is 1.25 bits per heavy atom. The first-order valence-corrected chi connectivity index (χ1v) is 3.00. The first kappa shape index (κ1) is 14.9. The molecule has 0 rings (SSSR count). The summed E-state index contributed by atoms with van der Waals surface area (Å²) < 4.78 is 0. The molecule has 0 atom stereocenters. The molecule has 0 saturated carbocycles. The van der Waals surface area contributed by atoms with Crippen LogP contribution in [0.4, 0.5) is 4.79 Å². The summed E-state index contributed by atoms with van der Waals surface area (Å²) in [5.74, 6) is -1.16. The third-order valence-corrected chi connectivity index (χ3v) is 1.65. The van der Waals surface area contributed by atoms with Crippen molar-refractivity contribution in [3.63, 3.8) is 0 Å². The Hall–Kier alpha value is 0.376. The van der Waals surface area contributed by atoms with Crippen molar-refractivity contribution in [1.82, 2.24) is 4.90 Å². The van der Waals surface area contributed by atoms with Gasteiger partial charge >= 0.3 is 63.4 Å². The fourth-order valence-corrected chi connectivity index (χ4v) is 0.383. The van der Waals surface area contributed by atoms with Gasteiger partial charge in [0.2, 0.25) is 0 Å². The minimum atomic E-state index is -1.37. The summed E-state index contributed by atoms with van der Waals surface area (Å²) in [7, 11) is 1.22. The van der Waals surface area contributed by atoms with Gasteiger partial charge in [-0.25, -0.2) is 9.59 Å². The van der Waals surface area contributed by atoms with Crippen molar-refractivity contribution in [2.75, 3.05) is 7.05 Å². The van der Waals surface area contributed by atoms with Gasteiger partial charge in [0.15, 0.2) is 0 Å². The molecule has 0 aliphatic rings. The SMILES string of the molecule is CN(C(=O)O)C(C)(C)C(=O)O.[KH]. The second-order valence-electron chi connectivity index (χ2n) is 2.71. The summed E-state index contributed by atoms with van der Waals surface area (Å²) in [6, 6.07) is 0. The molecule has 6 heteroatoms. The Morgan fingerprint density at radius 2 is 1.58 bits per heavy atom. The number of hydrogen-bond donors (Lipinski definition) is 2. The Kier molecular flexibility index (Phi) is 6.42. The number of carboxylic acids is 1. The molecular formula is C6H12KNO4. The van der Waals surface area contributed by atoms with Crippen molar-refractivity contribution in [3.05, 3.63) is 0 Å². The van der Waals surface area contributed by atoms with Crippen LogP contribution in [0.15, 0.2) is 0 Å². The Labute approximate surface area is 113 Å². The molecule has 1 amide bonds. The number of hydrogen-bond acceptors (Lipinski definition) is 2. The van der Waals surface area contributed by atoms with E-state index < -0.39 is 17.6 Å². The summed E-state index contributed by atoms with van der Waals surface area (Å²) in [6.45, 7) is 2.65. The quantitative estimate of drug-likeness (QED) is 0.607. The zero-order valence-corrected chi connectivity index (χ0v) is 6.66. The number of nitrogens with zero attached hydrogens (tertiary/aromatic N) is 1. The van der Waals surface area contributed by atoms with E-state index in [-0.39, 0.29) is 51.4 Å². The number of carboxylic acid groups (broad SMARTS) is 2. The standard InChI is InChI=1S/C6H11NO4.K.H/c1-6(2,4(8)9)7(3)5(10)11;;/h1-3H3,(H,8,9)(H,10,11);;. The van der Waals surface area contributed by atoms with Crippen LogP contribution in [0.2, 0.25) is 0 Å². The van der Waals surface area contributed by atoms with E-state index in [1.54, 1.807) is 0 Å². The van der Waals surface area contributed by atoms with Crippen LogP contribution >= 0.6 is 0 Å². The summed E-state index contributed by atoms with van der Waals surface area (Å²) in [6.07, 6.45) is -1.25. The molecule has 0 heterocycles. The average Bonchev–Trinajstić information content (AvgIpc) is 1.85. The van der Waals surface area contributed by atoms with E-state index in [9.17, 15) is 9.59 Å². The predicted octanol–water partition coefficient (Wildman–Crippen LogP) is -0.189. The molecule has 0 unspecified atom stereocenters. The van der Waals surface area contributed by atoms with E-state index in [0.717, 1.165) is 4.90 Å². The maximum absolute atomic E-state index is 10.5. The van der Waals surface area contributed by atoms with Crippen LogP contribution in [0.3, 0.4) is 0 Å². The van der Waals surface area contributed by atoms with Crippen molar-refractivity contribution in [2.24, 2.45) is 0 Å². The predicted molar refractivity (Wildman–Crippen MR) is 44.7 cm³/mol. The Bertz CT molecular complexity index is 192. The van der Waals surface area contributed by atoms with Crippen molar-refractivity contribution in [3.8, 4) is 0 Å². The Balaban J connectivity index is 0. The van der Waals surface area contributed by atoms with Crippen LogP contribution in [-0.4, -0.2) is 91.1 Å². The van der Waals surface area contributed by atoms with Crippen LogP contribution < -0.4 is 0 Å². The summed E-state index contributed by atoms with van der Waals surface area (Å²) in [5, 5.41) is 17.0. The third kappa shape index (κ3) is 3.40. The third-order valence-electron chi connectivity index (χ3n) is 1.65. The van der Waals surface area contributed by atoms with Crippen molar-refractivity contribution in [1.29, 1.82) is 0 Å². The van der Waals surface area contributed by atoms with Crippen LogP contribution in [0.25, 0.3) is 0 Å². The van der Waals surface area contributed by atoms with Crippen molar-refractivity contribution < 1.29 is 19.8 Å². The van der Waals surface area contributed by atoms with Gasteiger partial charge in [-0.1, -0.05) is 0 Å². The topological polar surface area (TPSA) is 77.8 Å². The molecule has 0 aromatic rings. The number of carbonyl (C=O) groups is 2. The second-order valence-corrected chi connectivity index (χ2v) is 2.71. The molecule has 0 aromatic carbocycles. The molecule has 0 bridgehead atoms. The number of rotatable bonds is 2. The zero-order chi connectivity index (χ0) is 9.23. The van der Waals surface area contributed by atoms with E-state index in [0.29, 0.717) is 0 Å². The van der Waals surface area contributed by atoms with Gasteiger partial charge in [0.1, 0.15) is 5.54 Å². The molecule has 0 aliphatic heterocycles. The van der Waals surface area contributed by atoms with E-state index in [1.807, 2.05) is 0 Å². The number of aliphatic carboxylic acids is 1. The fraction of sp³-hybridized carbons (Fsp3) is 0.667. The summed E-state index contributed by atoms with van der Waals surface area (Å²) in [4.78, 5) is 21.5. The molecule has 2 N–H and O–H groups in total. The summed E-state index contributed by atoms with van der Waals surface area (Å²) in [5.41, 5.74) is -1.37. The zero-order valence-electron chi connectivity index (χ0n) is 6.66. The fourth-order valence-electron chi connectivity index (χ4n) is 0.383. The van der Waals surface area contributed by atoms with Gasteiger partial charge < -0.3 is 10.2 Å². The van der Waals surface area contributed by atoms with E-state index in [4.69, 9.17) is 10.2 Å². The van der Waals surface area contributed by atoms with Gasteiger partial charge in [0, 0.05) is 7.05 Å². The Morgan fingerprint density at radius 3 is 1.67 bits per heavy atom. The monoisotopic (exact) mass is 201 g/mol. The van der Waals surface area contributed by atoms with Gasteiger partial charge in [0.25, 0.3) is 0 Å². The van der Waals surface area contributed by atoms with Crippen LogP contribution in [-0.2, 0) is 4.79 Å². The molecular weight excluding hydrogens is 189 g/mol. The first-order valence-electron chi connectivity index (χ1n) is 3.00.